The van der Waals surface area contributed by atoms with E-state index in [2.05, 4.69) is 17.2 Å². The van der Waals surface area contributed by atoms with Crippen LogP contribution < -0.4 is 5.32 Å². The number of nitrogens with zero attached hydrogens (tertiary/aromatic N) is 2. The van der Waals surface area contributed by atoms with E-state index in [1.54, 1.807) is 6.07 Å². The van der Waals surface area contributed by atoms with E-state index < -0.39 is 11.6 Å². The molecule has 0 saturated carbocycles. The summed E-state index contributed by atoms with van der Waals surface area (Å²) in [7, 11) is 0. The Morgan fingerprint density at radius 1 is 1.28 bits per heavy atom. The fraction of sp³-hybridized carbons (Fsp3) is 0.368. The number of amides is 1. The van der Waals surface area contributed by atoms with E-state index in [9.17, 15) is 13.6 Å². The number of carbonyl (C=O) groups excluding carboxylic acids is 1. The van der Waals surface area contributed by atoms with E-state index in [0.717, 1.165) is 38.3 Å². The van der Waals surface area contributed by atoms with E-state index in [1.807, 2.05) is 4.90 Å². The van der Waals surface area contributed by atoms with E-state index in [0.29, 0.717) is 11.3 Å². The Labute approximate surface area is 145 Å². The van der Waals surface area contributed by atoms with Crippen molar-refractivity contribution in [1.82, 2.24) is 9.88 Å². The minimum atomic E-state index is -0.696. The maximum absolute atomic E-state index is 13.8. The summed E-state index contributed by atoms with van der Waals surface area (Å²) in [6, 6.07) is 5.21. The standard InChI is InChI=1S/C19H21F2N3O/c1-2-16-5-3-4-8-24(16)19(25)13-9-15(12-22-11-13)23-18-7-6-14(20)10-17(18)21/h6-7,9-12,16,23H,2-5,8H2,1H3. The summed E-state index contributed by atoms with van der Waals surface area (Å²) < 4.78 is 26.8. The van der Waals surface area contributed by atoms with Crippen LogP contribution in [0.4, 0.5) is 20.2 Å². The lowest BCUT2D eigenvalue weighted by molar-refractivity contribution is 0.0607. The smallest absolute Gasteiger partial charge is 0.255 e. The molecule has 6 heteroatoms. The zero-order chi connectivity index (χ0) is 17.8. The van der Waals surface area contributed by atoms with Crippen LogP contribution in [0.15, 0.2) is 36.7 Å². The summed E-state index contributed by atoms with van der Waals surface area (Å²) in [6.45, 7) is 2.84. The average molecular weight is 345 g/mol. The molecule has 0 bridgehead atoms. The molecule has 2 aromatic rings. The van der Waals surface area contributed by atoms with E-state index in [-0.39, 0.29) is 17.6 Å². The summed E-state index contributed by atoms with van der Waals surface area (Å²) in [5, 5.41) is 2.85. The molecule has 3 rings (SSSR count). The topological polar surface area (TPSA) is 45.2 Å². The molecule has 0 aliphatic carbocycles. The quantitative estimate of drug-likeness (QED) is 0.887. The number of aromatic nitrogens is 1. The molecule has 2 heterocycles. The molecule has 1 aromatic carbocycles. The molecule has 132 valence electrons. The number of piperidine rings is 1. The van der Waals surface area contributed by atoms with Gasteiger partial charge in [-0.05, 0) is 43.9 Å². The molecule has 1 saturated heterocycles. The van der Waals surface area contributed by atoms with Gasteiger partial charge in [0.25, 0.3) is 5.91 Å². The minimum absolute atomic E-state index is 0.0534. The highest BCUT2D eigenvalue weighted by Crippen LogP contribution is 2.24. The second-order valence-corrected chi connectivity index (χ2v) is 6.27. The SMILES string of the molecule is CCC1CCCCN1C(=O)c1cncc(Nc2ccc(F)cc2F)c1. The molecule has 1 amide bonds. The summed E-state index contributed by atoms with van der Waals surface area (Å²) in [6.07, 6.45) is 7.13. The largest absolute Gasteiger partial charge is 0.352 e. The van der Waals surface area contributed by atoms with E-state index in [1.165, 1.54) is 24.5 Å². The van der Waals surface area contributed by atoms with Gasteiger partial charge < -0.3 is 10.2 Å². The monoisotopic (exact) mass is 345 g/mol. The van der Waals surface area contributed by atoms with Crippen molar-refractivity contribution in [3.05, 3.63) is 53.9 Å². The third kappa shape index (κ3) is 3.95. The molecular formula is C19H21F2N3O. The normalized spacial score (nSPS) is 17.4. The van der Waals surface area contributed by atoms with Crippen LogP contribution in [0.25, 0.3) is 0 Å². The number of hydrogen-bond donors (Lipinski definition) is 1. The Bertz CT molecular complexity index is 766. The highest BCUT2D eigenvalue weighted by atomic mass is 19.1. The molecule has 1 aliphatic heterocycles. The first-order chi connectivity index (χ1) is 12.1. The van der Waals surface area contributed by atoms with Gasteiger partial charge in [-0.25, -0.2) is 8.78 Å². The Kier molecular flexibility index (Phi) is 5.26. The summed E-state index contributed by atoms with van der Waals surface area (Å²) in [5.41, 5.74) is 1.09. The number of likely N-dealkylation sites (tertiary alicyclic amines) is 1. The molecule has 1 fully saturated rings. The van der Waals surface area contributed by atoms with Gasteiger partial charge in [-0.15, -0.1) is 0 Å². The first kappa shape index (κ1) is 17.3. The van der Waals surface area contributed by atoms with Crippen molar-refractivity contribution >= 4 is 17.3 Å². The first-order valence-corrected chi connectivity index (χ1v) is 8.56. The second kappa shape index (κ2) is 7.59. The molecule has 4 nitrogen and oxygen atoms in total. The van der Waals surface area contributed by atoms with Crippen molar-refractivity contribution < 1.29 is 13.6 Å². The van der Waals surface area contributed by atoms with Gasteiger partial charge >= 0.3 is 0 Å². The fourth-order valence-electron chi connectivity index (χ4n) is 3.23. The Morgan fingerprint density at radius 2 is 2.12 bits per heavy atom. The van der Waals surface area contributed by atoms with Crippen LogP contribution in [0.3, 0.4) is 0 Å². The lowest BCUT2D eigenvalue weighted by Crippen LogP contribution is -2.43. The number of anilines is 2. The molecule has 1 aliphatic rings. The van der Waals surface area contributed by atoms with E-state index >= 15 is 0 Å². The summed E-state index contributed by atoms with van der Waals surface area (Å²) >= 11 is 0. The summed E-state index contributed by atoms with van der Waals surface area (Å²) in [5.74, 6) is -1.39. The third-order valence-corrected chi connectivity index (χ3v) is 4.55. The van der Waals surface area contributed by atoms with Gasteiger partial charge in [0, 0.05) is 24.8 Å². The lowest BCUT2D eigenvalue weighted by Gasteiger charge is -2.35. The van der Waals surface area contributed by atoms with Crippen LogP contribution in [0.5, 0.6) is 0 Å². The van der Waals surface area contributed by atoms with Crippen molar-refractivity contribution in [3.8, 4) is 0 Å². The number of carbonyl (C=O) groups is 1. The van der Waals surface area contributed by atoms with Crippen LogP contribution in [0, 0.1) is 11.6 Å². The van der Waals surface area contributed by atoms with Gasteiger partial charge in [-0.2, -0.15) is 0 Å². The number of pyridine rings is 1. The van der Waals surface area contributed by atoms with Gasteiger partial charge in [0.2, 0.25) is 0 Å². The van der Waals surface area contributed by atoms with Crippen molar-refractivity contribution in [3.63, 3.8) is 0 Å². The lowest BCUT2D eigenvalue weighted by atomic mass is 9.99. The summed E-state index contributed by atoms with van der Waals surface area (Å²) in [4.78, 5) is 18.8. The molecule has 0 radical (unpaired) electrons. The minimum Gasteiger partial charge on any atom is -0.352 e. The third-order valence-electron chi connectivity index (χ3n) is 4.55. The van der Waals surface area contributed by atoms with Crippen molar-refractivity contribution in [2.45, 2.75) is 38.6 Å². The van der Waals surface area contributed by atoms with Crippen LogP contribution in [-0.2, 0) is 0 Å². The van der Waals surface area contributed by atoms with Crippen LogP contribution >= 0.6 is 0 Å². The number of halogens is 2. The highest BCUT2D eigenvalue weighted by Gasteiger charge is 2.26. The molecule has 25 heavy (non-hydrogen) atoms. The van der Waals surface area contributed by atoms with Gasteiger partial charge in [0.05, 0.1) is 23.1 Å². The number of hydrogen-bond acceptors (Lipinski definition) is 3. The first-order valence-electron chi connectivity index (χ1n) is 8.56. The number of benzene rings is 1. The van der Waals surface area contributed by atoms with Crippen molar-refractivity contribution in [2.24, 2.45) is 0 Å². The number of nitrogens with one attached hydrogen (secondary N) is 1. The van der Waals surface area contributed by atoms with Crippen molar-refractivity contribution in [1.29, 1.82) is 0 Å². The van der Waals surface area contributed by atoms with Gasteiger partial charge in [-0.1, -0.05) is 6.92 Å². The van der Waals surface area contributed by atoms with E-state index in [4.69, 9.17) is 0 Å². The number of rotatable bonds is 4. The molecule has 1 N–H and O–H groups in total. The van der Waals surface area contributed by atoms with Crippen LogP contribution in [0.1, 0.15) is 43.0 Å². The molecular weight excluding hydrogens is 324 g/mol. The predicted octanol–water partition coefficient (Wildman–Crippen LogP) is 4.51. The molecule has 1 unspecified atom stereocenters. The van der Waals surface area contributed by atoms with Crippen molar-refractivity contribution in [2.75, 3.05) is 11.9 Å². The Morgan fingerprint density at radius 3 is 2.88 bits per heavy atom. The Hall–Kier alpha value is -2.50. The molecule has 1 aromatic heterocycles. The Balaban J connectivity index is 1.80. The maximum atomic E-state index is 13.8. The maximum Gasteiger partial charge on any atom is 0.255 e. The fourth-order valence-corrected chi connectivity index (χ4v) is 3.23. The zero-order valence-corrected chi connectivity index (χ0v) is 14.1. The van der Waals surface area contributed by atoms with Gasteiger partial charge in [-0.3, -0.25) is 9.78 Å². The highest BCUT2D eigenvalue weighted by molar-refractivity contribution is 5.95. The molecule has 0 spiro atoms. The average Bonchev–Trinajstić information content (AvgIpc) is 2.63. The predicted molar refractivity (Wildman–Crippen MR) is 92.8 cm³/mol. The molecule has 1 atom stereocenters. The van der Waals surface area contributed by atoms with Crippen LogP contribution in [0.2, 0.25) is 0 Å². The second-order valence-electron chi connectivity index (χ2n) is 6.27. The zero-order valence-electron chi connectivity index (χ0n) is 14.1. The van der Waals surface area contributed by atoms with Gasteiger partial charge in [0.15, 0.2) is 0 Å². The van der Waals surface area contributed by atoms with Crippen LogP contribution in [-0.4, -0.2) is 28.4 Å². The van der Waals surface area contributed by atoms with Gasteiger partial charge in [0.1, 0.15) is 11.6 Å².